The van der Waals surface area contributed by atoms with Crippen LogP contribution in [0.4, 0.5) is 0 Å². The van der Waals surface area contributed by atoms with E-state index in [4.69, 9.17) is 9.84 Å². The van der Waals surface area contributed by atoms with Crippen LogP contribution >= 0.6 is 12.4 Å². The number of benzene rings is 1. The first-order valence-corrected chi connectivity index (χ1v) is 6.85. The van der Waals surface area contributed by atoms with Gasteiger partial charge < -0.3 is 14.7 Å². The zero-order chi connectivity index (χ0) is 14.4. The van der Waals surface area contributed by atoms with Crippen LogP contribution in [0.3, 0.4) is 0 Å². The molecule has 6 heteroatoms. The fourth-order valence-corrected chi connectivity index (χ4v) is 2.28. The standard InChI is InChI=1S/C15H19NO4.ClH/c17-14(16-9-8-12(11-16)15(18)19)7-4-10-20-13-5-2-1-3-6-13;/h1-3,5-6,12H,4,7-11H2,(H,18,19);1H. The second-order valence-corrected chi connectivity index (χ2v) is 4.93. The zero-order valence-electron chi connectivity index (χ0n) is 11.7. The van der Waals surface area contributed by atoms with Crippen molar-refractivity contribution in [2.24, 2.45) is 5.92 Å². The summed E-state index contributed by atoms with van der Waals surface area (Å²) in [5.74, 6) is -0.398. The second kappa shape index (κ2) is 8.52. The molecule has 1 heterocycles. The summed E-state index contributed by atoms with van der Waals surface area (Å²) in [5.41, 5.74) is 0. The molecule has 0 spiro atoms. The largest absolute Gasteiger partial charge is 0.494 e. The number of hydrogen-bond acceptors (Lipinski definition) is 3. The smallest absolute Gasteiger partial charge is 0.308 e. The highest BCUT2D eigenvalue weighted by Crippen LogP contribution is 2.17. The SMILES string of the molecule is Cl.O=C(O)C1CCN(C(=O)CCCOc2ccccc2)C1. The highest BCUT2D eigenvalue weighted by Gasteiger charge is 2.30. The van der Waals surface area contributed by atoms with Crippen LogP contribution in [-0.4, -0.2) is 41.6 Å². The Morgan fingerprint density at radius 1 is 1.29 bits per heavy atom. The van der Waals surface area contributed by atoms with E-state index < -0.39 is 11.9 Å². The van der Waals surface area contributed by atoms with Crippen molar-refractivity contribution < 1.29 is 19.4 Å². The third-order valence-corrected chi connectivity index (χ3v) is 3.44. The second-order valence-electron chi connectivity index (χ2n) is 4.93. The first-order chi connectivity index (χ1) is 9.66. The highest BCUT2D eigenvalue weighted by molar-refractivity contribution is 5.85. The van der Waals surface area contributed by atoms with Gasteiger partial charge in [0.1, 0.15) is 5.75 Å². The number of nitrogens with zero attached hydrogens (tertiary/aromatic N) is 1. The van der Waals surface area contributed by atoms with Crippen LogP contribution in [0.2, 0.25) is 0 Å². The van der Waals surface area contributed by atoms with E-state index in [0.29, 0.717) is 39.0 Å². The van der Waals surface area contributed by atoms with Crippen LogP contribution in [0.1, 0.15) is 19.3 Å². The van der Waals surface area contributed by atoms with Crippen molar-refractivity contribution in [1.29, 1.82) is 0 Å². The summed E-state index contributed by atoms with van der Waals surface area (Å²) in [5, 5.41) is 8.90. The molecule has 0 saturated carbocycles. The summed E-state index contributed by atoms with van der Waals surface area (Å²) in [4.78, 5) is 24.4. The summed E-state index contributed by atoms with van der Waals surface area (Å²) in [6.07, 6.45) is 1.60. The van der Waals surface area contributed by atoms with Crippen LogP contribution < -0.4 is 4.74 Å². The van der Waals surface area contributed by atoms with Gasteiger partial charge in [0.25, 0.3) is 0 Å². The predicted octanol–water partition coefficient (Wildman–Crippen LogP) is 2.20. The Morgan fingerprint density at radius 2 is 2.00 bits per heavy atom. The van der Waals surface area contributed by atoms with Gasteiger partial charge in [-0.3, -0.25) is 9.59 Å². The Hall–Kier alpha value is -1.75. The molecule has 5 nitrogen and oxygen atoms in total. The first kappa shape index (κ1) is 17.3. The quantitative estimate of drug-likeness (QED) is 0.818. The number of likely N-dealkylation sites (tertiary alicyclic amines) is 1. The van der Waals surface area contributed by atoms with E-state index in [9.17, 15) is 9.59 Å². The monoisotopic (exact) mass is 313 g/mol. The van der Waals surface area contributed by atoms with E-state index in [1.54, 1.807) is 4.90 Å². The number of aliphatic carboxylic acids is 1. The summed E-state index contributed by atoms with van der Waals surface area (Å²) in [7, 11) is 0. The number of carbonyl (C=O) groups is 2. The number of ether oxygens (including phenoxy) is 1. The van der Waals surface area contributed by atoms with E-state index in [1.165, 1.54) is 0 Å². The van der Waals surface area contributed by atoms with Gasteiger partial charge in [0, 0.05) is 19.5 Å². The molecule has 1 atom stereocenters. The molecule has 1 aliphatic heterocycles. The molecule has 21 heavy (non-hydrogen) atoms. The van der Waals surface area contributed by atoms with Crippen LogP contribution in [0.5, 0.6) is 5.75 Å². The first-order valence-electron chi connectivity index (χ1n) is 6.85. The topological polar surface area (TPSA) is 66.8 Å². The van der Waals surface area contributed by atoms with Gasteiger partial charge >= 0.3 is 5.97 Å². The number of halogens is 1. The minimum absolute atomic E-state index is 0. The average molecular weight is 314 g/mol. The van der Waals surface area contributed by atoms with E-state index >= 15 is 0 Å². The maximum atomic E-state index is 11.9. The number of carboxylic acids is 1. The van der Waals surface area contributed by atoms with Crippen LogP contribution in [0, 0.1) is 5.92 Å². The minimum Gasteiger partial charge on any atom is -0.494 e. The van der Waals surface area contributed by atoms with E-state index in [0.717, 1.165) is 5.75 Å². The van der Waals surface area contributed by atoms with Crippen LogP contribution in [-0.2, 0) is 9.59 Å². The molecule has 0 aliphatic carbocycles. The van der Waals surface area contributed by atoms with Crippen molar-refractivity contribution in [1.82, 2.24) is 4.90 Å². The molecule has 0 bridgehead atoms. The van der Waals surface area contributed by atoms with E-state index in [1.807, 2.05) is 30.3 Å². The number of carbonyl (C=O) groups excluding carboxylic acids is 1. The molecule has 0 aromatic heterocycles. The Balaban J connectivity index is 0.00000220. The Labute approximate surface area is 130 Å². The Morgan fingerprint density at radius 3 is 2.62 bits per heavy atom. The molecule has 2 rings (SSSR count). The lowest BCUT2D eigenvalue weighted by Gasteiger charge is -2.15. The maximum absolute atomic E-state index is 11.9. The molecule has 116 valence electrons. The van der Waals surface area contributed by atoms with Gasteiger partial charge in [-0.2, -0.15) is 0 Å². The molecule has 1 aliphatic rings. The fourth-order valence-electron chi connectivity index (χ4n) is 2.28. The van der Waals surface area contributed by atoms with Crippen LogP contribution in [0.15, 0.2) is 30.3 Å². The number of amides is 1. The summed E-state index contributed by atoms with van der Waals surface area (Å²) < 4.78 is 5.51. The summed E-state index contributed by atoms with van der Waals surface area (Å²) in [6, 6.07) is 9.47. The molecule has 1 amide bonds. The Bertz CT molecular complexity index is 466. The molecule has 1 N–H and O–H groups in total. The van der Waals surface area contributed by atoms with Gasteiger partial charge in [0.2, 0.25) is 5.91 Å². The molecule has 1 saturated heterocycles. The lowest BCUT2D eigenvalue weighted by atomic mass is 10.1. The summed E-state index contributed by atoms with van der Waals surface area (Å²) >= 11 is 0. The molecule has 1 unspecified atom stereocenters. The van der Waals surface area contributed by atoms with Gasteiger partial charge in [0.15, 0.2) is 0 Å². The minimum atomic E-state index is -0.812. The molecule has 1 aromatic carbocycles. The van der Waals surface area contributed by atoms with Gasteiger partial charge in [-0.1, -0.05) is 18.2 Å². The lowest BCUT2D eigenvalue weighted by molar-refractivity contribution is -0.141. The van der Waals surface area contributed by atoms with E-state index in [2.05, 4.69) is 0 Å². The predicted molar refractivity (Wildman–Crippen MR) is 80.7 cm³/mol. The van der Waals surface area contributed by atoms with Crippen LogP contribution in [0.25, 0.3) is 0 Å². The number of para-hydroxylation sites is 1. The molecule has 1 fully saturated rings. The van der Waals surface area contributed by atoms with Gasteiger partial charge in [-0.25, -0.2) is 0 Å². The van der Waals surface area contributed by atoms with Gasteiger partial charge in [-0.15, -0.1) is 12.4 Å². The molecule has 0 radical (unpaired) electrons. The van der Waals surface area contributed by atoms with Crippen molar-refractivity contribution in [3.8, 4) is 5.75 Å². The summed E-state index contributed by atoms with van der Waals surface area (Å²) in [6.45, 7) is 1.38. The van der Waals surface area contributed by atoms with Gasteiger partial charge in [0.05, 0.1) is 12.5 Å². The normalized spacial score (nSPS) is 17.1. The van der Waals surface area contributed by atoms with Crippen molar-refractivity contribution in [3.63, 3.8) is 0 Å². The third-order valence-electron chi connectivity index (χ3n) is 3.44. The average Bonchev–Trinajstić information content (AvgIpc) is 2.94. The van der Waals surface area contributed by atoms with Crippen molar-refractivity contribution in [2.75, 3.05) is 19.7 Å². The molecular weight excluding hydrogens is 294 g/mol. The fraction of sp³-hybridized carbons (Fsp3) is 0.467. The number of carboxylic acid groups (broad SMARTS) is 1. The lowest BCUT2D eigenvalue weighted by Crippen LogP contribution is -2.30. The van der Waals surface area contributed by atoms with Gasteiger partial charge in [-0.05, 0) is 25.0 Å². The number of rotatable bonds is 6. The van der Waals surface area contributed by atoms with Crippen molar-refractivity contribution in [3.05, 3.63) is 30.3 Å². The molecule has 1 aromatic rings. The maximum Gasteiger partial charge on any atom is 0.308 e. The van der Waals surface area contributed by atoms with Crippen molar-refractivity contribution in [2.45, 2.75) is 19.3 Å². The van der Waals surface area contributed by atoms with E-state index in [-0.39, 0.29) is 18.3 Å². The molecular formula is C15H20ClNO4. The number of hydrogen-bond donors (Lipinski definition) is 1. The van der Waals surface area contributed by atoms with Crippen molar-refractivity contribution >= 4 is 24.3 Å². The highest BCUT2D eigenvalue weighted by atomic mass is 35.5. The Kier molecular flexibility index (Phi) is 7.02. The zero-order valence-corrected chi connectivity index (χ0v) is 12.6. The third kappa shape index (κ3) is 5.27.